The van der Waals surface area contributed by atoms with Gasteiger partial charge in [-0.2, -0.15) is 5.10 Å². The monoisotopic (exact) mass is 514 g/mol. The number of aromatic nitrogens is 3. The van der Waals surface area contributed by atoms with Gasteiger partial charge in [-0.1, -0.05) is 24.5 Å². The van der Waals surface area contributed by atoms with Crippen molar-refractivity contribution in [1.29, 1.82) is 10.8 Å². The summed E-state index contributed by atoms with van der Waals surface area (Å²) in [5.74, 6) is 2.50. The lowest BCUT2D eigenvalue weighted by atomic mass is 10.1. The number of amidine groups is 2. The lowest BCUT2D eigenvalue weighted by Gasteiger charge is -2.19. The van der Waals surface area contributed by atoms with Gasteiger partial charge in [0.05, 0.1) is 31.0 Å². The molecule has 0 aliphatic heterocycles. The molecule has 1 saturated carbocycles. The number of ether oxygens (including phenoxy) is 1. The van der Waals surface area contributed by atoms with E-state index < -0.39 is 0 Å². The third-order valence-electron chi connectivity index (χ3n) is 6.78. The number of aliphatic imine (C=N–C) groups is 1. The molecule has 1 aliphatic carbocycles. The summed E-state index contributed by atoms with van der Waals surface area (Å²) in [6.45, 7) is 6.17. The van der Waals surface area contributed by atoms with Gasteiger partial charge in [-0.25, -0.2) is 4.99 Å². The third kappa shape index (κ3) is 5.72. The van der Waals surface area contributed by atoms with Crippen LogP contribution in [0.25, 0.3) is 17.3 Å². The standard InChI is InChI=1S/C29H38N8O/c1-19(2)13-22-14-26(23-16-32-36(5)17-23)37(24-9-7-8-10-24)29(22)34-20(3)33-25-12-11-21(15-27(25)38-6)28(31)35(4)18-30/h11-18,24,30-31H,7-10H2,1-6H3,(H,33,34). The maximum Gasteiger partial charge on any atom is 0.143 e. The van der Waals surface area contributed by atoms with Gasteiger partial charge >= 0.3 is 0 Å². The van der Waals surface area contributed by atoms with E-state index in [0.29, 0.717) is 17.4 Å². The second-order valence-corrected chi connectivity index (χ2v) is 10.1. The predicted molar refractivity (Wildman–Crippen MR) is 156 cm³/mol. The number of anilines is 1. The van der Waals surface area contributed by atoms with Crippen molar-refractivity contribution in [3.8, 4) is 17.0 Å². The predicted octanol–water partition coefficient (Wildman–Crippen LogP) is 6.46. The fraction of sp³-hybridized carbons (Fsp3) is 0.379. The van der Waals surface area contributed by atoms with Gasteiger partial charge in [0, 0.05) is 43.0 Å². The van der Waals surface area contributed by atoms with Crippen molar-refractivity contribution in [2.24, 2.45) is 12.0 Å². The van der Waals surface area contributed by atoms with Crippen LogP contribution in [-0.2, 0) is 7.05 Å². The lowest BCUT2D eigenvalue weighted by Crippen LogP contribution is -2.24. The first kappa shape index (κ1) is 26.9. The maximum atomic E-state index is 8.29. The number of allylic oxidation sites excluding steroid dienone is 1. The van der Waals surface area contributed by atoms with E-state index in [9.17, 15) is 0 Å². The molecular weight excluding hydrogens is 476 g/mol. The minimum absolute atomic E-state index is 0.221. The fourth-order valence-corrected chi connectivity index (χ4v) is 4.97. The molecule has 0 unspecified atom stereocenters. The second-order valence-electron chi connectivity index (χ2n) is 10.1. The van der Waals surface area contributed by atoms with E-state index in [1.807, 2.05) is 37.0 Å². The second kappa shape index (κ2) is 11.5. The highest BCUT2D eigenvalue weighted by atomic mass is 16.5. The summed E-state index contributed by atoms with van der Waals surface area (Å²) in [7, 11) is 5.23. The molecule has 1 aromatic carbocycles. The van der Waals surface area contributed by atoms with Crippen LogP contribution in [0.1, 0.15) is 63.6 Å². The summed E-state index contributed by atoms with van der Waals surface area (Å²) in [5.41, 5.74) is 5.95. The molecule has 2 aromatic heterocycles. The van der Waals surface area contributed by atoms with Crippen molar-refractivity contribution in [2.75, 3.05) is 19.5 Å². The smallest absolute Gasteiger partial charge is 0.143 e. The summed E-state index contributed by atoms with van der Waals surface area (Å²) in [6, 6.07) is 8.15. The number of benzene rings is 1. The first-order chi connectivity index (χ1) is 18.2. The van der Waals surface area contributed by atoms with Crippen LogP contribution in [0.5, 0.6) is 5.75 Å². The Labute approximate surface area is 224 Å². The normalized spacial score (nSPS) is 13.9. The minimum Gasteiger partial charge on any atom is -0.495 e. The molecule has 0 radical (unpaired) electrons. The molecule has 9 heteroatoms. The highest BCUT2D eigenvalue weighted by Crippen LogP contribution is 2.41. The van der Waals surface area contributed by atoms with Crippen LogP contribution in [0.4, 0.5) is 11.5 Å². The van der Waals surface area contributed by atoms with E-state index in [4.69, 9.17) is 20.5 Å². The molecule has 4 rings (SSSR count). The molecule has 200 valence electrons. The molecule has 0 atom stereocenters. The largest absolute Gasteiger partial charge is 0.495 e. The van der Waals surface area contributed by atoms with Crippen molar-refractivity contribution in [3.63, 3.8) is 0 Å². The number of methoxy groups -OCH3 is 1. The molecule has 9 nitrogen and oxygen atoms in total. The Kier molecular flexibility index (Phi) is 8.14. The first-order valence-corrected chi connectivity index (χ1v) is 12.9. The van der Waals surface area contributed by atoms with Crippen LogP contribution < -0.4 is 10.1 Å². The molecular formula is C29H38N8O. The number of aryl methyl sites for hydroxylation is 1. The molecule has 2 heterocycles. The Morgan fingerprint density at radius 1 is 1.21 bits per heavy atom. The fourth-order valence-electron chi connectivity index (χ4n) is 4.97. The zero-order valence-electron chi connectivity index (χ0n) is 23.2. The van der Waals surface area contributed by atoms with E-state index in [2.05, 4.69) is 47.2 Å². The van der Waals surface area contributed by atoms with Gasteiger partial charge in [0.2, 0.25) is 0 Å². The summed E-state index contributed by atoms with van der Waals surface area (Å²) >= 11 is 0. The van der Waals surface area contributed by atoms with Crippen molar-refractivity contribution in [2.45, 2.75) is 52.5 Å². The summed E-state index contributed by atoms with van der Waals surface area (Å²) in [4.78, 5) is 6.58. The minimum atomic E-state index is 0.221. The number of hydrogen-bond donors (Lipinski definition) is 3. The van der Waals surface area contributed by atoms with E-state index in [-0.39, 0.29) is 5.84 Å². The van der Waals surface area contributed by atoms with Gasteiger partial charge in [0.1, 0.15) is 23.2 Å². The lowest BCUT2D eigenvalue weighted by molar-refractivity contribution is 0.416. The van der Waals surface area contributed by atoms with Crippen molar-refractivity contribution in [1.82, 2.24) is 19.2 Å². The Bertz CT molecular complexity index is 1380. The zero-order valence-corrected chi connectivity index (χ0v) is 23.2. The average Bonchev–Trinajstić information content (AvgIpc) is 3.64. The van der Waals surface area contributed by atoms with Crippen molar-refractivity contribution < 1.29 is 4.74 Å². The van der Waals surface area contributed by atoms with Crippen LogP contribution in [0.15, 0.2) is 47.2 Å². The molecule has 38 heavy (non-hydrogen) atoms. The van der Waals surface area contributed by atoms with Gasteiger partial charge in [0.25, 0.3) is 0 Å². The summed E-state index contributed by atoms with van der Waals surface area (Å²) < 4.78 is 9.87. The van der Waals surface area contributed by atoms with Gasteiger partial charge < -0.3 is 19.5 Å². The number of hydrogen-bond acceptors (Lipinski definition) is 5. The van der Waals surface area contributed by atoms with Gasteiger partial charge in [-0.05, 0) is 57.9 Å². The molecule has 0 spiro atoms. The Morgan fingerprint density at radius 3 is 2.55 bits per heavy atom. The van der Waals surface area contributed by atoms with E-state index in [0.717, 1.165) is 53.3 Å². The Hall–Kier alpha value is -4.14. The molecule has 0 amide bonds. The molecule has 1 fully saturated rings. The van der Waals surface area contributed by atoms with Crippen LogP contribution in [0.2, 0.25) is 0 Å². The van der Waals surface area contributed by atoms with Crippen LogP contribution in [0, 0.1) is 10.8 Å². The highest BCUT2D eigenvalue weighted by Gasteiger charge is 2.25. The maximum absolute atomic E-state index is 8.29. The summed E-state index contributed by atoms with van der Waals surface area (Å²) in [5, 5.41) is 23.5. The number of nitrogens with one attached hydrogen (secondary N) is 3. The molecule has 1 aliphatic rings. The molecule has 0 saturated heterocycles. The van der Waals surface area contributed by atoms with E-state index >= 15 is 0 Å². The first-order valence-electron chi connectivity index (χ1n) is 12.9. The highest BCUT2D eigenvalue weighted by molar-refractivity contribution is 6.03. The van der Waals surface area contributed by atoms with E-state index in [1.165, 1.54) is 23.3 Å². The third-order valence-corrected chi connectivity index (χ3v) is 6.78. The van der Waals surface area contributed by atoms with Gasteiger partial charge in [-0.3, -0.25) is 15.5 Å². The SMILES string of the molecule is COc1cc(C(=N)N(C)C=N)ccc1N/C(C)=N/c1c(C=C(C)C)cc(-c2cnn(C)c2)n1C1CCCC1. The van der Waals surface area contributed by atoms with E-state index in [1.54, 1.807) is 20.2 Å². The van der Waals surface area contributed by atoms with Crippen molar-refractivity contribution >= 4 is 35.6 Å². The molecule has 3 aromatic rings. The zero-order chi connectivity index (χ0) is 27.4. The Morgan fingerprint density at radius 2 is 1.95 bits per heavy atom. The quantitative estimate of drug-likeness (QED) is 0.237. The number of rotatable bonds is 8. The average molecular weight is 515 g/mol. The molecule has 3 N–H and O–H groups in total. The van der Waals surface area contributed by atoms with Crippen LogP contribution in [-0.4, -0.2) is 51.4 Å². The van der Waals surface area contributed by atoms with Crippen molar-refractivity contribution in [3.05, 3.63) is 53.4 Å². The summed E-state index contributed by atoms with van der Waals surface area (Å²) in [6.07, 6.45) is 12.0. The van der Waals surface area contributed by atoms with Gasteiger partial charge in [-0.15, -0.1) is 0 Å². The van der Waals surface area contributed by atoms with Crippen LogP contribution >= 0.6 is 0 Å². The topological polar surface area (TPSA) is 107 Å². The Balaban J connectivity index is 1.77. The number of nitrogens with zero attached hydrogens (tertiary/aromatic N) is 5. The van der Waals surface area contributed by atoms with Crippen LogP contribution in [0.3, 0.4) is 0 Å². The molecule has 0 bridgehead atoms. The van der Waals surface area contributed by atoms with Gasteiger partial charge in [0.15, 0.2) is 0 Å².